The Balaban J connectivity index is 1.93. The van der Waals surface area contributed by atoms with Gasteiger partial charge in [0.1, 0.15) is 0 Å². The molecule has 3 nitrogen and oxygen atoms in total. The molecule has 0 N–H and O–H groups in total. The molecule has 0 saturated carbocycles. The van der Waals surface area contributed by atoms with Gasteiger partial charge in [-0.3, -0.25) is 14.6 Å². The van der Waals surface area contributed by atoms with Crippen molar-refractivity contribution in [2.75, 3.05) is 0 Å². The van der Waals surface area contributed by atoms with Gasteiger partial charge in [-0.1, -0.05) is 68.5 Å². The van der Waals surface area contributed by atoms with E-state index in [1.165, 1.54) is 0 Å². The standard InChI is InChI=1S/C27H25NO2/c1-16(2)13-18-14-23(26(29)21-11-7-5-9-19(18)21)24-15-25(28-17(3)4)20-10-6-8-12-22(20)27(24)30/h5-17H,1-4H3/b18-13-,28-25?. The zero-order valence-corrected chi connectivity index (χ0v) is 17.8. The lowest BCUT2D eigenvalue weighted by molar-refractivity contribution is 0.0996. The molecule has 0 bridgehead atoms. The van der Waals surface area contributed by atoms with E-state index >= 15 is 0 Å². The van der Waals surface area contributed by atoms with E-state index in [9.17, 15) is 9.59 Å². The Morgan fingerprint density at radius 3 is 1.77 bits per heavy atom. The van der Waals surface area contributed by atoms with Crippen molar-refractivity contribution in [3.05, 3.63) is 100 Å². The van der Waals surface area contributed by atoms with Gasteiger partial charge in [0.2, 0.25) is 0 Å². The lowest BCUT2D eigenvalue weighted by atomic mass is 9.78. The van der Waals surface area contributed by atoms with Crippen LogP contribution in [0.25, 0.3) is 5.57 Å². The number of benzene rings is 2. The number of ketones is 2. The average molecular weight is 396 g/mol. The fraction of sp³-hybridized carbons (Fsp3) is 0.222. The summed E-state index contributed by atoms with van der Waals surface area (Å²) < 4.78 is 0. The maximum absolute atomic E-state index is 13.4. The quantitative estimate of drug-likeness (QED) is 0.652. The molecule has 2 aromatic rings. The SMILES string of the molecule is CC(C)/C=C1/C=C(C2=CC(=NC(C)C)c3ccccc3C2=O)C(=O)c2ccccc21. The molecular weight excluding hydrogens is 370 g/mol. The minimum Gasteiger partial charge on any atom is -0.289 e. The number of nitrogens with zero attached hydrogens (tertiary/aromatic N) is 1. The molecule has 0 heterocycles. The maximum Gasteiger partial charge on any atom is 0.194 e. The molecule has 2 aliphatic rings. The molecule has 0 fully saturated rings. The lowest BCUT2D eigenvalue weighted by Gasteiger charge is -2.23. The van der Waals surface area contributed by atoms with E-state index in [4.69, 9.17) is 4.99 Å². The maximum atomic E-state index is 13.4. The Kier molecular flexibility index (Phi) is 5.21. The van der Waals surface area contributed by atoms with Gasteiger partial charge in [0, 0.05) is 33.9 Å². The number of fused-ring (bicyclic) bond motifs is 2. The van der Waals surface area contributed by atoms with Crippen molar-refractivity contribution in [1.82, 2.24) is 0 Å². The normalized spacial score (nSPS) is 18.6. The summed E-state index contributed by atoms with van der Waals surface area (Å²) in [5.74, 6) is 0.0687. The second-order valence-corrected chi connectivity index (χ2v) is 8.34. The van der Waals surface area contributed by atoms with Crippen LogP contribution in [0.2, 0.25) is 0 Å². The van der Waals surface area contributed by atoms with E-state index in [0.29, 0.717) is 28.2 Å². The Morgan fingerprint density at radius 1 is 0.700 bits per heavy atom. The summed E-state index contributed by atoms with van der Waals surface area (Å²) in [6, 6.07) is 15.2. The first-order valence-corrected chi connectivity index (χ1v) is 10.4. The van der Waals surface area contributed by atoms with Gasteiger partial charge < -0.3 is 0 Å². The minimum atomic E-state index is -0.129. The summed E-state index contributed by atoms with van der Waals surface area (Å²) >= 11 is 0. The molecule has 0 amide bonds. The molecule has 2 aromatic carbocycles. The monoisotopic (exact) mass is 395 g/mol. The Labute approximate surface area is 177 Å². The summed E-state index contributed by atoms with van der Waals surface area (Å²) in [7, 11) is 0. The van der Waals surface area contributed by atoms with Crippen LogP contribution in [0.3, 0.4) is 0 Å². The molecular formula is C27H25NO2. The van der Waals surface area contributed by atoms with Gasteiger partial charge >= 0.3 is 0 Å². The van der Waals surface area contributed by atoms with E-state index in [0.717, 1.165) is 22.4 Å². The first kappa shape index (κ1) is 20.0. The van der Waals surface area contributed by atoms with Gasteiger partial charge in [0.15, 0.2) is 11.6 Å². The summed E-state index contributed by atoms with van der Waals surface area (Å²) in [6.07, 6.45) is 5.79. The van der Waals surface area contributed by atoms with Crippen molar-refractivity contribution in [2.24, 2.45) is 10.9 Å². The molecule has 0 spiro atoms. The average Bonchev–Trinajstić information content (AvgIpc) is 2.72. The first-order valence-electron chi connectivity index (χ1n) is 10.4. The van der Waals surface area contributed by atoms with Crippen LogP contribution in [0.4, 0.5) is 0 Å². The highest BCUT2D eigenvalue weighted by molar-refractivity contribution is 6.33. The highest BCUT2D eigenvalue weighted by atomic mass is 16.1. The van der Waals surface area contributed by atoms with Crippen molar-refractivity contribution < 1.29 is 9.59 Å². The highest BCUT2D eigenvalue weighted by Gasteiger charge is 2.32. The Hall–Kier alpha value is -3.33. The van der Waals surface area contributed by atoms with Gasteiger partial charge in [-0.2, -0.15) is 0 Å². The van der Waals surface area contributed by atoms with Gasteiger partial charge in [0.05, 0.1) is 5.71 Å². The second kappa shape index (κ2) is 7.83. The molecule has 0 aliphatic heterocycles. The van der Waals surface area contributed by atoms with Crippen LogP contribution in [-0.2, 0) is 0 Å². The summed E-state index contributed by atoms with van der Waals surface area (Å²) in [6.45, 7) is 8.22. The number of carbonyl (C=O) groups is 2. The molecule has 30 heavy (non-hydrogen) atoms. The number of hydrogen-bond donors (Lipinski definition) is 0. The van der Waals surface area contributed by atoms with Crippen LogP contribution in [0.15, 0.2) is 82.9 Å². The van der Waals surface area contributed by atoms with Crippen LogP contribution in [0.1, 0.15) is 59.5 Å². The first-order chi connectivity index (χ1) is 14.4. The molecule has 4 rings (SSSR count). The number of carbonyl (C=O) groups excluding carboxylic acids is 2. The van der Waals surface area contributed by atoms with Gasteiger partial charge in [-0.05, 0) is 43.1 Å². The van der Waals surface area contributed by atoms with Crippen molar-refractivity contribution in [1.29, 1.82) is 0 Å². The molecule has 0 atom stereocenters. The topological polar surface area (TPSA) is 46.5 Å². The molecule has 0 radical (unpaired) electrons. The predicted molar refractivity (Wildman–Crippen MR) is 122 cm³/mol. The number of allylic oxidation sites excluding steroid dienone is 6. The largest absolute Gasteiger partial charge is 0.289 e. The van der Waals surface area contributed by atoms with Crippen LogP contribution in [0.5, 0.6) is 0 Å². The summed E-state index contributed by atoms with van der Waals surface area (Å²) in [5, 5.41) is 0. The Morgan fingerprint density at radius 2 is 1.20 bits per heavy atom. The third-order valence-corrected chi connectivity index (χ3v) is 5.20. The van der Waals surface area contributed by atoms with Crippen LogP contribution < -0.4 is 0 Å². The molecule has 0 saturated heterocycles. The number of Topliss-reactive ketones (excluding diaryl/α,β-unsaturated/α-hetero) is 2. The van der Waals surface area contributed by atoms with E-state index in [-0.39, 0.29) is 17.6 Å². The Bertz CT molecular complexity index is 1080. The van der Waals surface area contributed by atoms with Gasteiger partial charge in [-0.15, -0.1) is 0 Å². The van der Waals surface area contributed by atoms with Crippen molar-refractivity contribution in [3.63, 3.8) is 0 Å². The zero-order chi connectivity index (χ0) is 21.4. The molecule has 0 aromatic heterocycles. The van der Waals surface area contributed by atoms with E-state index in [1.807, 2.05) is 68.5 Å². The fourth-order valence-electron chi connectivity index (χ4n) is 3.99. The number of aliphatic imine (C=N–C) groups is 1. The summed E-state index contributed by atoms with van der Waals surface area (Å²) in [4.78, 5) is 31.5. The number of hydrogen-bond acceptors (Lipinski definition) is 3. The van der Waals surface area contributed by atoms with Gasteiger partial charge in [0.25, 0.3) is 0 Å². The van der Waals surface area contributed by atoms with E-state index in [1.54, 1.807) is 6.08 Å². The molecule has 2 aliphatic carbocycles. The number of rotatable bonds is 3. The van der Waals surface area contributed by atoms with Crippen molar-refractivity contribution in [2.45, 2.75) is 33.7 Å². The summed E-state index contributed by atoms with van der Waals surface area (Å²) in [5.41, 5.74) is 5.55. The van der Waals surface area contributed by atoms with Crippen LogP contribution >= 0.6 is 0 Å². The van der Waals surface area contributed by atoms with Crippen molar-refractivity contribution in [3.8, 4) is 0 Å². The fourth-order valence-corrected chi connectivity index (χ4v) is 3.99. The molecule has 3 heteroatoms. The zero-order valence-electron chi connectivity index (χ0n) is 17.8. The second-order valence-electron chi connectivity index (χ2n) is 8.34. The predicted octanol–water partition coefficient (Wildman–Crippen LogP) is 5.87. The third kappa shape index (κ3) is 3.52. The molecule has 150 valence electrons. The van der Waals surface area contributed by atoms with Crippen LogP contribution in [-0.4, -0.2) is 23.3 Å². The minimum absolute atomic E-state index is 0.0759. The van der Waals surface area contributed by atoms with E-state index < -0.39 is 0 Å². The van der Waals surface area contributed by atoms with Crippen LogP contribution in [0, 0.1) is 5.92 Å². The highest BCUT2D eigenvalue weighted by Crippen LogP contribution is 2.36. The van der Waals surface area contributed by atoms with Gasteiger partial charge in [-0.25, -0.2) is 0 Å². The van der Waals surface area contributed by atoms with E-state index in [2.05, 4.69) is 19.9 Å². The van der Waals surface area contributed by atoms with Crippen molar-refractivity contribution >= 4 is 22.9 Å². The lowest BCUT2D eigenvalue weighted by Crippen LogP contribution is -2.24. The third-order valence-electron chi connectivity index (χ3n) is 5.20. The molecule has 0 unspecified atom stereocenters. The smallest absolute Gasteiger partial charge is 0.194 e.